The zero-order valence-electron chi connectivity index (χ0n) is 14.0. The molecule has 0 aliphatic rings. The average Bonchev–Trinajstić information content (AvgIpc) is 3.05. The molecule has 0 fully saturated rings. The van der Waals surface area contributed by atoms with Gasteiger partial charge in [0.15, 0.2) is 6.61 Å². The lowest BCUT2D eigenvalue weighted by atomic mass is 10.1. The van der Waals surface area contributed by atoms with Gasteiger partial charge in [0.1, 0.15) is 23.4 Å². The van der Waals surface area contributed by atoms with Crippen LogP contribution in [0.15, 0.2) is 60.9 Å². The van der Waals surface area contributed by atoms with Crippen LogP contribution in [0.2, 0.25) is 5.02 Å². The quantitative estimate of drug-likeness (QED) is 0.719. The third-order valence-corrected chi connectivity index (χ3v) is 4.13. The summed E-state index contributed by atoms with van der Waals surface area (Å²) in [6.07, 6.45) is 3.41. The largest absolute Gasteiger partial charge is 0.482 e. The van der Waals surface area contributed by atoms with Gasteiger partial charge in [0.25, 0.3) is 5.91 Å². The zero-order valence-corrected chi connectivity index (χ0v) is 14.8. The first-order chi connectivity index (χ1) is 12.5. The van der Waals surface area contributed by atoms with Crippen molar-refractivity contribution in [2.45, 2.75) is 6.04 Å². The Morgan fingerprint density at radius 3 is 2.65 bits per heavy atom. The molecule has 3 rings (SSSR count). The minimum absolute atomic E-state index is 0.203. The van der Waals surface area contributed by atoms with Crippen LogP contribution in [-0.4, -0.2) is 22.1 Å². The van der Waals surface area contributed by atoms with Crippen LogP contribution in [-0.2, 0) is 11.8 Å². The maximum Gasteiger partial charge on any atom is 0.258 e. The molecule has 1 unspecified atom stereocenters. The van der Waals surface area contributed by atoms with Gasteiger partial charge in [-0.25, -0.2) is 9.37 Å². The van der Waals surface area contributed by atoms with E-state index in [2.05, 4.69) is 10.3 Å². The van der Waals surface area contributed by atoms with Gasteiger partial charge in [0, 0.05) is 19.4 Å². The van der Waals surface area contributed by atoms with Crippen molar-refractivity contribution in [1.82, 2.24) is 14.9 Å². The number of hydrogen-bond acceptors (Lipinski definition) is 3. The Labute approximate surface area is 155 Å². The van der Waals surface area contributed by atoms with Crippen LogP contribution in [0.5, 0.6) is 5.75 Å². The normalized spacial score (nSPS) is 11.8. The van der Waals surface area contributed by atoms with Gasteiger partial charge in [0.05, 0.1) is 5.02 Å². The van der Waals surface area contributed by atoms with Crippen LogP contribution < -0.4 is 10.1 Å². The number of carbonyl (C=O) groups excluding carboxylic acids is 1. The second kappa shape index (κ2) is 8.01. The fourth-order valence-corrected chi connectivity index (χ4v) is 2.71. The summed E-state index contributed by atoms with van der Waals surface area (Å²) in [7, 11) is 1.82. The van der Waals surface area contributed by atoms with Gasteiger partial charge in [-0.1, -0.05) is 35.9 Å². The molecule has 1 N–H and O–H groups in total. The number of benzene rings is 2. The van der Waals surface area contributed by atoms with E-state index in [-0.39, 0.29) is 18.3 Å². The highest BCUT2D eigenvalue weighted by molar-refractivity contribution is 6.32. The Balaban J connectivity index is 1.75. The van der Waals surface area contributed by atoms with E-state index in [0.717, 1.165) is 0 Å². The number of halogens is 2. The first-order valence-electron chi connectivity index (χ1n) is 7.94. The van der Waals surface area contributed by atoms with Gasteiger partial charge in [0.2, 0.25) is 0 Å². The highest BCUT2D eigenvalue weighted by Gasteiger charge is 2.21. The number of nitrogens with zero attached hydrogens (tertiary/aromatic N) is 2. The van der Waals surface area contributed by atoms with E-state index in [9.17, 15) is 9.18 Å². The van der Waals surface area contributed by atoms with E-state index < -0.39 is 6.04 Å². The van der Waals surface area contributed by atoms with Crippen LogP contribution in [0.25, 0.3) is 0 Å². The molecule has 0 radical (unpaired) electrons. The molecule has 1 atom stereocenters. The second-order valence-corrected chi connectivity index (χ2v) is 6.07. The van der Waals surface area contributed by atoms with E-state index >= 15 is 0 Å². The smallest absolute Gasteiger partial charge is 0.258 e. The lowest BCUT2D eigenvalue weighted by Gasteiger charge is -2.19. The summed E-state index contributed by atoms with van der Waals surface area (Å²) in [5, 5.41) is 3.30. The molecule has 7 heteroatoms. The number of ether oxygens (including phenoxy) is 1. The maximum atomic E-state index is 13.2. The molecule has 0 saturated carbocycles. The minimum atomic E-state index is -0.530. The van der Waals surface area contributed by atoms with Crippen LogP contribution >= 0.6 is 11.6 Å². The Hall–Kier alpha value is -2.86. The van der Waals surface area contributed by atoms with Crippen molar-refractivity contribution in [3.63, 3.8) is 0 Å². The van der Waals surface area contributed by atoms with Crippen molar-refractivity contribution in [3.05, 3.63) is 83.2 Å². The molecule has 26 heavy (non-hydrogen) atoms. The third-order valence-electron chi connectivity index (χ3n) is 3.82. The number of aryl methyl sites for hydroxylation is 1. The molecule has 1 amide bonds. The molecule has 1 aromatic heterocycles. The summed E-state index contributed by atoms with van der Waals surface area (Å²) in [6.45, 7) is -0.203. The number of aromatic nitrogens is 2. The highest BCUT2D eigenvalue weighted by atomic mass is 35.5. The van der Waals surface area contributed by atoms with Crippen LogP contribution in [0.3, 0.4) is 0 Å². The molecule has 1 heterocycles. The van der Waals surface area contributed by atoms with Gasteiger partial charge < -0.3 is 14.6 Å². The number of para-hydroxylation sites is 1. The average molecular weight is 374 g/mol. The fraction of sp³-hybridized carbons (Fsp3) is 0.158. The molecule has 5 nitrogen and oxygen atoms in total. The fourth-order valence-electron chi connectivity index (χ4n) is 2.52. The molecule has 2 aromatic carbocycles. The van der Waals surface area contributed by atoms with Gasteiger partial charge in [-0.2, -0.15) is 0 Å². The first kappa shape index (κ1) is 17.9. The minimum Gasteiger partial charge on any atom is -0.482 e. The number of carbonyl (C=O) groups is 1. The molecule has 0 aliphatic heterocycles. The molecule has 0 bridgehead atoms. The van der Waals surface area contributed by atoms with Gasteiger partial charge in [-0.05, 0) is 29.8 Å². The lowest BCUT2D eigenvalue weighted by Crippen LogP contribution is -2.34. The maximum absolute atomic E-state index is 13.2. The Morgan fingerprint density at radius 1 is 1.27 bits per heavy atom. The van der Waals surface area contributed by atoms with Crippen LogP contribution in [0, 0.1) is 5.82 Å². The summed E-state index contributed by atoms with van der Waals surface area (Å²) < 4.78 is 20.5. The van der Waals surface area contributed by atoms with Gasteiger partial charge in [-0.3, -0.25) is 4.79 Å². The van der Waals surface area contributed by atoms with Gasteiger partial charge in [-0.15, -0.1) is 0 Å². The van der Waals surface area contributed by atoms with Crippen LogP contribution in [0.4, 0.5) is 4.39 Å². The van der Waals surface area contributed by atoms with E-state index in [1.54, 1.807) is 53.4 Å². The summed E-state index contributed by atoms with van der Waals surface area (Å²) in [4.78, 5) is 16.7. The van der Waals surface area contributed by atoms with E-state index in [4.69, 9.17) is 16.3 Å². The van der Waals surface area contributed by atoms with Crippen molar-refractivity contribution < 1.29 is 13.9 Å². The first-order valence-corrected chi connectivity index (χ1v) is 8.32. The van der Waals surface area contributed by atoms with E-state index in [0.29, 0.717) is 22.2 Å². The summed E-state index contributed by atoms with van der Waals surface area (Å²) in [5.74, 6) is 0.366. The Kier molecular flexibility index (Phi) is 5.53. The highest BCUT2D eigenvalue weighted by Crippen LogP contribution is 2.23. The number of imidazole rings is 1. The number of hydrogen-bond donors (Lipinski definition) is 1. The number of amides is 1. The number of nitrogens with one attached hydrogen (secondary N) is 1. The van der Waals surface area contributed by atoms with Crippen LogP contribution in [0.1, 0.15) is 17.4 Å². The van der Waals surface area contributed by atoms with E-state index in [1.165, 1.54) is 12.1 Å². The van der Waals surface area contributed by atoms with Gasteiger partial charge >= 0.3 is 0 Å². The zero-order chi connectivity index (χ0) is 18.5. The van der Waals surface area contributed by atoms with Crippen molar-refractivity contribution in [2.75, 3.05) is 6.61 Å². The van der Waals surface area contributed by atoms with Crippen molar-refractivity contribution >= 4 is 17.5 Å². The Morgan fingerprint density at radius 2 is 2.00 bits per heavy atom. The molecule has 0 aliphatic carbocycles. The molecular formula is C19H17ClFN3O2. The molecule has 0 saturated heterocycles. The molecular weight excluding hydrogens is 357 g/mol. The Bertz CT molecular complexity index is 896. The molecule has 134 valence electrons. The van der Waals surface area contributed by atoms with Crippen molar-refractivity contribution in [1.29, 1.82) is 0 Å². The standard InChI is InChI=1S/C19H17ClFN3O2/c1-24-11-10-22-19(24)18(13-6-8-14(21)9-7-13)23-17(25)12-26-16-5-3-2-4-15(16)20/h2-11,18H,12H2,1H3,(H,23,25). The monoisotopic (exact) mass is 373 g/mol. The number of rotatable bonds is 6. The summed E-state index contributed by atoms with van der Waals surface area (Å²) in [6, 6.07) is 12.3. The van der Waals surface area contributed by atoms with Crippen molar-refractivity contribution in [3.8, 4) is 5.75 Å². The molecule has 3 aromatic rings. The van der Waals surface area contributed by atoms with Crippen molar-refractivity contribution in [2.24, 2.45) is 7.05 Å². The topological polar surface area (TPSA) is 56.2 Å². The molecule has 0 spiro atoms. The SMILES string of the molecule is Cn1ccnc1C(NC(=O)COc1ccccc1Cl)c1ccc(F)cc1. The van der Waals surface area contributed by atoms with E-state index in [1.807, 2.05) is 7.05 Å². The summed E-state index contributed by atoms with van der Waals surface area (Å²) >= 11 is 6.02. The summed E-state index contributed by atoms with van der Waals surface area (Å²) in [5.41, 5.74) is 0.715. The second-order valence-electron chi connectivity index (χ2n) is 5.67. The third kappa shape index (κ3) is 4.21. The predicted molar refractivity (Wildman–Crippen MR) is 96.5 cm³/mol. The predicted octanol–water partition coefficient (Wildman–Crippen LogP) is 3.50. The lowest BCUT2D eigenvalue weighted by molar-refractivity contribution is -0.123.